The molecular formula is C10H10F3NO. The van der Waals surface area contributed by atoms with Crippen molar-refractivity contribution in [2.75, 3.05) is 7.11 Å². The highest BCUT2D eigenvalue weighted by molar-refractivity contribution is 5.90. The molecule has 0 aliphatic heterocycles. The van der Waals surface area contributed by atoms with Gasteiger partial charge < -0.3 is 4.74 Å². The monoisotopic (exact) mass is 217 g/mol. The van der Waals surface area contributed by atoms with E-state index in [-0.39, 0.29) is 5.69 Å². The van der Waals surface area contributed by atoms with Crippen molar-refractivity contribution in [1.82, 2.24) is 0 Å². The second kappa shape index (κ2) is 4.33. The van der Waals surface area contributed by atoms with Crippen molar-refractivity contribution < 1.29 is 17.9 Å². The summed E-state index contributed by atoms with van der Waals surface area (Å²) in [4.78, 5) is 3.47. The number of methoxy groups -OCH3 is 1. The highest BCUT2D eigenvalue weighted by atomic mass is 19.4. The predicted octanol–water partition coefficient (Wildman–Crippen LogP) is 3.35. The van der Waals surface area contributed by atoms with Gasteiger partial charge >= 0.3 is 6.18 Å². The molecule has 0 heterocycles. The first kappa shape index (κ1) is 11.6. The van der Waals surface area contributed by atoms with Crippen LogP contribution in [0.4, 0.5) is 18.9 Å². The molecule has 0 amide bonds. The molecule has 82 valence electrons. The summed E-state index contributed by atoms with van der Waals surface area (Å²) in [6, 6.07) is 6.29. The van der Waals surface area contributed by atoms with Crippen molar-refractivity contribution in [3.63, 3.8) is 0 Å². The number of rotatable bonds is 2. The average molecular weight is 217 g/mol. The summed E-state index contributed by atoms with van der Waals surface area (Å²) < 4.78 is 41.5. The zero-order valence-corrected chi connectivity index (χ0v) is 8.30. The molecule has 0 aliphatic carbocycles. The topological polar surface area (TPSA) is 21.6 Å². The van der Waals surface area contributed by atoms with E-state index in [9.17, 15) is 13.2 Å². The van der Waals surface area contributed by atoms with Gasteiger partial charge in [-0.1, -0.05) is 12.1 Å². The fourth-order valence-corrected chi connectivity index (χ4v) is 0.966. The van der Waals surface area contributed by atoms with Crippen LogP contribution in [0.5, 0.6) is 5.75 Å². The number of nitrogens with zero attached hydrogens (tertiary/aromatic N) is 1. The lowest BCUT2D eigenvalue weighted by molar-refractivity contribution is -0.0591. The Kier molecular flexibility index (Phi) is 3.34. The maximum atomic E-state index is 12.2. The Hall–Kier alpha value is -1.52. The molecule has 1 aromatic rings. The van der Waals surface area contributed by atoms with E-state index in [1.807, 2.05) is 0 Å². The van der Waals surface area contributed by atoms with Crippen molar-refractivity contribution in [1.29, 1.82) is 0 Å². The molecule has 0 spiro atoms. The highest BCUT2D eigenvalue weighted by Gasteiger charge is 2.32. The van der Waals surface area contributed by atoms with Crippen LogP contribution in [-0.2, 0) is 0 Å². The van der Waals surface area contributed by atoms with Crippen LogP contribution in [0.3, 0.4) is 0 Å². The van der Waals surface area contributed by atoms with Crippen LogP contribution < -0.4 is 4.74 Å². The summed E-state index contributed by atoms with van der Waals surface area (Å²) >= 11 is 0. The number of ether oxygens (including phenoxy) is 1. The Morgan fingerprint density at radius 3 is 2.40 bits per heavy atom. The number of hydrogen-bond donors (Lipinski definition) is 0. The van der Waals surface area contributed by atoms with E-state index >= 15 is 0 Å². The highest BCUT2D eigenvalue weighted by Crippen LogP contribution is 2.29. The lowest BCUT2D eigenvalue weighted by atomic mass is 10.3. The van der Waals surface area contributed by atoms with E-state index in [1.165, 1.54) is 13.2 Å². The second-order valence-corrected chi connectivity index (χ2v) is 2.87. The quantitative estimate of drug-likeness (QED) is 0.696. The molecule has 0 fully saturated rings. The van der Waals surface area contributed by atoms with Gasteiger partial charge in [0.1, 0.15) is 17.1 Å². The van der Waals surface area contributed by atoms with Gasteiger partial charge in [-0.15, -0.1) is 0 Å². The zero-order valence-electron chi connectivity index (χ0n) is 8.30. The molecule has 0 aliphatic rings. The van der Waals surface area contributed by atoms with Gasteiger partial charge in [0.15, 0.2) is 0 Å². The van der Waals surface area contributed by atoms with Gasteiger partial charge in [-0.25, -0.2) is 4.99 Å². The van der Waals surface area contributed by atoms with E-state index in [1.54, 1.807) is 18.2 Å². The summed E-state index contributed by atoms with van der Waals surface area (Å²) in [7, 11) is 1.39. The smallest absolute Gasteiger partial charge is 0.429 e. The molecule has 1 rings (SSSR count). The minimum Gasteiger partial charge on any atom is -0.494 e. The predicted molar refractivity (Wildman–Crippen MR) is 51.8 cm³/mol. The van der Waals surface area contributed by atoms with Gasteiger partial charge in [0.2, 0.25) is 0 Å². The van der Waals surface area contributed by atoms with Gasteiger partial charge in [0, 0.05) is 0 Å². The summed E-state index contributed by atoms with van der Waals surface area (Å²) in [6.07, 6.45) is -4.40. The molecule has 0 saturated carbocycles. The molecular weight excluding hydrogens is 207 g/mol. The largest absolute Gasteiger partial charge is 0.494 e. The first-order valence-electron chi connectivity index (χ1n) is 4.20. The number of para-hydroxylation sites is 2. The number of benzene rings is 1. The number of halogens is 3. The normalized spacial score (nSPS) is 12.7. The zero-order chi connectivity index (χ0) is 11.5. The molecule has 15 heavy (non-hydrogen) atoms. The van der Waals surface area contributed by atoms with E-state index in [4.69, 9.17) is 4.74 Å². The van der Waals surface area contributed by atoms with Crippen molar-refractivity contribution in [2.45, 2.75) is 13.1 Å². The molecule has 2 nitrogen and oxygen atoms in total. The molecule has 0 unspecified atom stereocenters. The summed E-state index contributed by atoms with van der Waals surface area (Å²) in [5.74, 6) is 0.320. The maximum Gasteiger partial charge on any atom is 0.429 e. The third-order valence-electron chi connectivity index (χ3n) is 1.78. The Morgan fingerprint density at radius 2 is 1.87 bits per heavy atom. The Bertz CT molecular complexity index is 371. The van der Waals surface area contributed by atoms with E-state index < -0.39 is 11.9 Å². The minimum absolute atomic E-state index is 0.176. The SMILES string of the molecule is COc1ccccc1/N=C(\C)C(F)(F)F. The van der Waals surface area contributed by atoms with E-state index in [2.05, 4.69) is 4.99 Å². The van der Waals surface area contributed by atoms with Gasteiger partial charge in [-0.05, 0) is 19.1 Å². The summed E-state index contributed by atoms with van der Waals surface area (Å²) in [5.41, 5.74) is -0.721. The maximum absolute atomic E-state index is 12.2. The molecule has 0 aromatic heterocycles. The van der Waals surface area contributed by atoms with Crippen molar-refractivity contribution in [2.24, 2.45) is 4.99 Å². The molecule has 5 heteroatoms. The van der Waals surface area contributed by atoms with Crippen LogP contribution in [0.1, 0.15) is 6.92 Å². The Balaban J connectivity index is 3.08. The van der Waals surface area contributed by atoms with Gasteiger partial charge in [-0.2, -0.15) is 13.2 Å². The third kappa shape index (κ3) is 2.97. The molecule has 1 aromatic carbocycles. The Labute approximate surface area is 85.4 Å². The van der Waals surface area contributed by atoms with E-state index in [0.29, 0.717) is 5.75 Å². The van der Waals surface area contributed by atoms with Crippen LogP contribution in [0.25, 0.3) is 0 Å². The molecule has 0 radical (unpaired) electrons. The van der Waals surface area contributed by atoms with E-state index in [0.717, 1.165) is 6.92 Å². The Morgan fingerprint density at radius 1 is 1.27 bits per heavy atom. The van der Waals surface area contributed by atoms with Crippen LogP contribution in [0, 0.1) is 0 Å². The molecule has 0 bridgehead atoms. The third-order valence-corrected chi connectivity index (χ3v) is 1.78. The minimum atomic E-state index is -4.40. The van der Waals surface area contributed by atoms with Gasteiger partial charge in [-0.3, -0.25) is 0 Å². The average Bonchev–Trinajstić information content (AvgIpc) is 2.17. The van der Waals surface area contributed by atoms with Crippen LogP contribution in [-0.4, -0.2) is 19.0 Å². The van der Waals surface area contributed by atoms with Crippen molar-refractivity contribution in [3.05, 3.63) is 24.3 Å². The number of hydrogen-bond acceptors (Lipinski definition) is 2. The van der Waals surface area contributed by atoms with Crippen LogP contribution in [0.15, 0.2) is 29.3 Å². The number of aliphatic imine (C=N–C) groups is 1. The van der Waals surface area contributed by atoms with Gasteiger partial charge in [0.25, 0.3) is 0 Å². The van der Waals surface area contributed by atoms with Crippen LogP contribution in [0.2, 0.25) is 0 Å². The fourth-order valence-electron chi connectivity index (χ4n) is 0.966. The second-order valence-electron chi connectivity index (χ2n) is 2.87. The van der Waals surface area contributed by atoms with Crippen molar-refractivity contribution in [3.8, 4) is 5.75 Å². The first-order chi connectivity index (χ1) is 6.95. The molecule has 0 atom stereocenters. The summed E-state index contributed by atoms with van der Waals surface area (Å²) in [6.45, 7) is 0.923. The lowest BCUT2D eigenvalue weighted by Gasteiger charge is -2.07. The first-order valence-corrected chi connectivity index (χ1v) is 4.20. The number of alkyl halides is 3. The molecule has 0 saturated heterocycles. The van der Waals surface area contributed by atoms with Crippen LogP contribution >= 0.6 is 0 Å². The molecule has 0 N–H and O–H groups in total. The van der Waals surface area contributed by atoms with Crippen molar-refractivity contribution >= 4 is 11.4 Å². The fraction of sp³-hybridized carbons (Fsp3) is 0.300. The summed E-state index contributed by atoms with van der Waals surface area (Å²) in [5, 5.41) is 0. The standard InChI is InChI=1S/C10H10F3NO/c1-7(10(11,12)13)14-8-5-3-4-6-9(8)15-2/h3-6H,1-2H3/b14-7+. The van der Waals surface area contributed by atoms with Gasteiger partial charge in [0.05, 0.1) is 7.11 Å². The lowest BCUT2D eigenvalue weighted by Crippen LogP contribution is -2.18.